The number of carbonyl (C=O) groups excluding carboxylic acids is 1. The highest BCUT2D eigenvalue weighted by Crippen LogP contribution is 2.29. The average Bonchev–Trinajstić information content (AvgIpc) is 3.37. The summed E-state index contributed by atoms with van der Waals surface area (Å²) in [5.41, 5.74) is 1.42. The summed E-state index contributed by atoms with van der Waals surface area (Å²) in [6, 6.07) is 15.6. The van der Waals surface area contributed by atoms with Crippen LogP contribution in [0.4, 0.5) is 10.9 Å². The number of benzene rings is 1. The molecule has 2 aromatic heterocycles. The number of likely N-dealkylation sites (tertiary alicyclic amines) is 1. The van der Waals surface area contributed by atoms with Crippen LogP contribution in [0.5, 0.6) is 11.5 Å². The fourth-order valence-corrected chi connectivity index (χ4v) is 4.79. The molecule has 1 amide bonds. The number of nitrogens with zero attached hydrogens (tertiary/aromatic N) is 5. The van der Waals surface area contributed by atoms with E-state index in [1.807, 2.05) is 36.4 Å². The normalized spacial score (nSPS) is 14.1. The molecule has 0 spiro atoms. The molecule has 1 aliphatic rings. The summed E-state index contributed by atoms with van der Waals surface area (Å²) in [6.45, 7) is 3.05. The predicted molar refractivity (Wildman–Crippen MR) is 139 cm³/mol. The van der Waals surface area contributed by atoms with Gasteiger partial charge in [-0.15, -0.1) is 11.3 Å². The van der Waals surface area contributed by atoms with Crippen molar-refractivity contribution in [3.05, 3.63) is 59.2 Å². The van der Waals surface area contributed by atoms with E-state index in [1.54, 1.807) is 24.4 Å². The van der Waals surface area contributed by atoms with Crippen LogP contribution < -0.4 is 14.8 Å². The first kappa shape index (κ1) is 25.4. The molecule has 0 unspecified atom stereocenters. The van der Waals surface area contributed by atoms with Gasteiger partial charge in [-0.1, -0.05) is 18.2 Å². The quantitative estimate of drug-likeness (QED) is 0.409. The molecule has 3 aromatic rings. The fourth-order valence-electron chi connectivity index (χ4n) is 4.10. The molecule has 0 radical (unpaired) electrons. The Hall–Kier alpha value is -3.68. The standard InChI is InChI=1S/C26H30N6O3S/c1-31(16-17-35-23-8-4-3-7-22(23)34-2)25(33)21-18-36-26(29-21)30-24-9-5-6-20(28-24)19-10-13-32(14-11-19)15-12-27/h3-9,18-19H,10-11,13-17H2,1-2H3,(H,28,29,30). The first-order valence-electron chi connectivity index (χ1n) is 11.9. The van der Waals surface area contributed by atoms with E-state index in [0.717, 1.165) is 31.6 Å². The van der Waals surface area contributed by atoms with Crippen LogP contribution in [0, 0.1) is 11.3 Å². The van der Waals surface area contributed by atoms with Crippen molar-refractivity contribution in [3.8, 4) is 17.6 Å². The minimum Gasteiger partial charge on any atom is -0.493 e. The van der Waals surface area contributed by atoms with Gasteiger partial charge in [0.2, 0.25) is 0 Å². The van der Waals surface area contributed by atoms with Gasteiger partial charge in [-0.3, -0.25) is 9.69 Å². The molecule has 1 N–H and O–H groups in total. The first-order chi connectivity index (χ1) is 17.6. The maximum Gasteiger partial charge on any atom is 0.273 e. The van der Waals surface area contributed by atoms with E-state index >= 15 is 0 Å². The number of carbonyl (C=O) groups is 1. The van der Waals surface area contributed by atoms with Gasteiger partial charge in [-0.05, 0) is 50.2 Å². The summed E-state index contributed by atoms with van der Waals surface area (Å²) >= 11 is 1.37. The molecule has 0 saturated carbocycles. The smallest absolute Gasteiger partial charge is 0.273 e. The number of hydrogen-bond donors (Lipinski definition) is 1. The van der Waals surface area contributed by atoms with Gasteiger partial charge < -0.3 is 19.7 Å². The Bertz CT molecular complexity index is 1200. The SMILES string of the molecule is COc1ccccc1OCCN(C)C(=O)c1csc(Nc2cccc(C3CCN(CC#N)CC3)n2)n1. The van der Waals surface area contributed by atoms with Crippen LogP contribution in [0.15, 0.2) is 47.8 Å². The van der Waals surface area contributed by atoms with E-state index in [4.69, 9.17) is 19.7 Å². The number of nitrogens with one attached hydrogen (secondary N) is 1. The molecule has 36 heavy (non-hydrogen) atoms. The van der Waals surface area contributed by atoms with Crippen molar-refractivity contribution in [1.82, 2.24) is 19.8 Å². The summed E-state index contributed by atoms with van der Waals surface area (Å²) in [5.74, 6) is 2.21. The van der Waals surface area contributed by atoms with Gasteiger partial charge in [0.1, 0.15) is 18.1 Å². The Morgan fingerprint density at radius 1 is 1.19 bits per heavy atom. The maximum atomic E-state index is 12.8. The van der Waals surface area contributed by atoms with Crippen molar-refractivity contribution in [2.24, 2.45) is 0 Å². The molecular formula is C26H30N6O3S. The number of ether oxygens (including phenoxy) is 2. The van der Waals surface area contributed by atoms with Crippen LogP contribution in [-0.2, 0) is 0 Å². The lowest BCUT2D eigenvalue weighted by molar-refractivity contribution is 0.0768. The van der Waals surface area contributed by atoms with E-state index in [-0.39, 0.29) is 5.91 Å². The second-order valence-electron chi connectivity index (χ2n) is 8.55. The van der Waals surface area contributed by atoms with Crippen molar-refractivity contribution in [1.29, 1.82) is 5.26 Å². The van der Waals surface area contributed by atoms with Gasteiger partial charge in [0.25, 0.3) is 5.91 Å². The van der Waals surface area contributed by atoms with Crippen LogP contribution >= 0.6 is 11.3 Å². The van der Waals surface area contributed by atoms with Gasteiger partial charge >= 0.3 is 0 Å². The highest BCUT2D eigenvalue weighted by molar-refractivity contribution is 7.14. The van der Waals surface area contributed by atoms with Gasteiger partial charge in [-0.2, -0.15) is 5.26 Å². The zero-order chi connectivity index (χ0) is 25.3. The van der Waals surface area contributed by atoms with Crippen LogP contribution in [0.3, 0.4) is 0 Å². The number of likely N-dealkylation sites (N-methyl/N-ethyl adjacent to an activating group) is 1. The molecule has 188 valence electrons. The van der Waals surface area contributed by atoms with Crippen LogP contribution in [-0.4, -0.2) is 72.6 Å². The van der Waals surface area contributed by atoms with Gasteiger partial charge in [0.05, 0.1) is 26.3 Å². The Kier molecular flexibility index (Phi) is 8.71. The number of piperidine rings is 1. The lowest BCUT2D eigenvalue weighted by Crippen LogP contribution is -2.33. The first-order valence-corrected chi connectivity index (χ1v) is 12.8. The molecule has 1 fully saturated rings. The third-order valence-corrected chi connectivity index (χ3v) is 6.89. The van der Waals surface area contributed by atoms with Crippen LogP contribution in [0.25, 0.3) is 0 Å². The van der Waals surface area contributed by atoms with E-state index in [2.05, 4.69) is 27.3 Å². The number of anilines is 2. The molecule has 4 rings (SSSR count). The summed E-state index contributed by atoms with van der Waals surface area (Å²) in [5, 5.41) is 14.5. The molecule has 1 saturated heterocycles. The molecule has 9 nitrogen and oxygen atoms in total. The Labute approximate surface area is 215 Å². The predicted octanol–water partition coefficient (Wildman–Crippen LogP) is 4.14. The minimum absolute atomic E-state index is 0.172. The number of amides is 1. The summed E-state index contributed by atoms with van der Waals surface area (Å²) in [6.07, 6.45) is 1.97. The Morgan fingerprint density at radius 2 is 1.97 bits per heavy atom. The molecule has 1 aromatic carbocycles. The number of pyridine rings is 1. The summed E-state index contributed by atoms with van der Waals surface area (Å²) in [7, 11) is 3.33. The third-order valence-electron chi connectivity index (χ3n) is 6.13. The van der Waals surface area contributed by atoms with Gasteiger partial charge in [0, 0.05) is 24.0 Å². The van der Waals surface area contributed by atoms with Crippen molar-refractivity contribution >= 4 is 28.2 Å². The molecule has 0 bridgehead atoms. The summed E-state index contributed by atoms with van der Waals surface area (Å²) in [4.78, 5) is 25.9. The molecule has 10 heteroatoms. The lowest BCUT2D eigenvalue weighted by Gasteiger charge is -2.29. The monoisotopic (exact) mass is 506 g/mol. The number of rotatable bonds is 10. The molecular weight excluding hydrogens is 476 g/mol. The molecule has 3 heterocycles. The van der Waals surface area contributed by atoms with Crippen molar-refractivity contribution in [2.45, 2.75) is 18.8 Å². The van der Waals surface area contributed by atoms with Crippen molar-refractivity contribution in [2.75, 3.05) is 52.3 Å². The molecule has 0 aliphatic carbocycles. The van der Waals surface area contributed by atoms with E-state index in [9.17, 15) is 4.79 Å². The third kappa shape index (κ3) is 6.50. The number of thiazole rings is 1. The molecule has 1 aliphatic heterocycles. The van der Waals surface area contributed by atoms with Gasteiger partial charge in [-0.25, -0.2) is 9.97 Å². The minimum atomic E-state index is -0.172. The zero-order valence-electron chi connectivity index (χ0n) is 20.5. The molecule has 0 atom stereocenters. The number of hydrogen-bond acceptors (Lipinski definition) is 9. The number of nitriles is 1. The fraction of sp³-hybridized carbons (Fsp3) is 0.385. The average molecular weight is 507 g/mol. The highest BCUT2D eigenvalue weighted by atomic mass is 32.1. The lowest BCUT2D eigenvalue weighted by atomic mass is 9.93. The van der Waals surface area contributed by atoms with E-state index in [1.165, 1.54) is 11.3 Å². The highest BCUT2D eigenvalue weighted by Gasteiger charge is 2.22. The van der Waals surface area contributed by atoms with Crippen LogP contribution in [0.2, 0.25) is 0 Å². The zero-order valence-corrected chi connectivity index (χ0v) is 21.3. The number of aromatic nitrogens is 2. The second kappa shape index (κ2) is 12.3. The van der Waals surface area contributed by atoms with E-state index in [0.29, 0.717) is 53.8 Å². The van der Waals surface area contributed by atoms with Crippen molar-refractivity contribution in [3.63, 3.8) is 0 Å². The second-order valence-corrected chi connectivity index (χ2v) is 9.40. The topological polar surface area (TPSA) is 104 Å². The van der Waals surface area contributed by atoms with E-state index < -0.39 is 0 Å². The number of para-hydroxylation sites is 2. The van der Waals surface area contributed by atoms with Gasteiger partial charge in [0.15, 0.2) is 16.6 Å². The largest absolute Gasteiger partial charge is 0.493 e. The van der Waals surface area contributed by atoms with Crippen LogP contribution in [0.1, 0.15) is 34.9 Å². The summed E-state index contributed by atoms with van der Waals surface area (Å²) < 4.78 is 11.1. The van der Waals surface area contributed by atoms with Crippen molar-refractivity contribution < 1.29 is 14.3 Å². The number of methoxy groups -OCH3 is 1. The maximum absolute atomic E-state index is 12.8. The Balaban J connectivity index is 1.30. The Morgan fingerprint density at radius 3 is 2.72 bits per heavy atom.